The van der Waals surface area contributed by atoms with Crippen molar-refractivity contribution in [3.8, 4) is 0 Å². The fraction of sp³-hybridized carbons (Fsp3) is 0.188. The van der Waals surface area contributed by atoms with Crippen molar-refractivity contribution in [2.75, 3.05) is 12.3 Å². The van der Waals surface area contributed by atoms with Crippen LogP contribution in [0.5, 0.6) is 0 Å². The quantitative estimate of drug-likeness (QED) is 0.483. The van der Waals surface area contributed by atoms with Crippen molar-refractivity contribution in [2.45, 2.75) is 10.2 Å². The maximum absolute atomic E-state index is 11.9. The second kappa shape index (κ2) is 8.12. The summed E-state index contributed by atoms with van der Waals surface area (Å²) in [7, 11) is 0. The molecule has 0 saturated carbocycles. The van der Waals surface area contributed by atoms with E-state index in [-0.39, 0.29) is 5.91 Å². The predicted octanol–water partition coefficient (Wildman–Crippen LogP) is 4.10. The van der Waals surface area contributed by atoms with Gasteiger partial charge in [-0.15, -0.1) is 11.8 Å². The van der Waals surface area contributed by atoms with Gasteiger partial charge in [-0.1, -0.05) is 46.3 Å². The van der Waals surface area contributed by atoms with Crippen molar-refractivity contribution in [1.82, 2.24) is 5.32 Å². The molecule has 0 atom stereocenters. The number of carbonyl (C=O) groups excluding carboxylic acids is 1. The van der Waals surface area contributed by atoms with E-state index in [1.54, 1.807) is 11.8 Å². The molecule has 20 heavy (non-hydrogen) atoms. The number of benzene rings is 2. The predicted molar refractivity (Wildman–Crippen MR) is 88.6 cm³/mol. The van der Waals surface area contributed by atoms with Crippen molar-refractivity contribution in [1.29, 1.82) is 0 Å². The van der Waals surface area contributed by atoms with Crippen LogP contribution in [0, 0.1) is 0 Å². The molecule has 1 amide bonds. The molecule has 0 aliphatic heterocycles. The highest BCUT2D eigenvalue weighted by Gasteiger charge is 2.04. The van der Waals surface area contributed by atoms with E-state index in [9.17, 15) is 4.79 Å². The molecule has 0 radical (unpaired) electrons. The number of hydrogen-bond acceptors (Lipinski definition) is 2. The Morgan fingerprint density at radius 3 is 2.40 bits per heavy atom. The van der Waals surface area contributed by atoms with Gasteiger partial charge >= 0.3 is 0 Å². The zero-order valence-corrected chi connectivity index (χ0v) is 13.4. The number of halogens is 1. The standard InChI is InChI=1S/C16H16BrNOS/c17-12-13-6-8-14(9-7-13)16(19)18-10-11-20-15-4-2-1-3-5-15/h1-9H,10-12H2,(H,18,19). The van der Waals surface area contributed by atoms with Gasteiger partial charge in [0, 0.05) is 28.1 Å². The minimum Gasteiger partial charge on any atom is -0.351 e. The van der Waals surface area contributed by atoms with Crippen LogP contribution in [0.1, 0.15) is 15.9 Å². The molecule has 2 aromatic carbocycles. The summed E-state index contributed by atoms with van der Waals surface area (Å²) in [6.45, 7) is 0.665. The third kappa shape index (κ3) is 4.69. The highest BCUT2D eigenvalue weighted by molar-refractivity contribution is 9.08. The minimum atomic E-state index is -0.0141. The van der Waals surface area contributed by atoms with Gasteiger partial charge in [-0.05, 0) is 29.8 Å². The number of amides is 1. The first-order chi connectivity index (χ1) is 9.79. The van der Waals surface area contributed by atoms with E-state index in [1.165, 1.54) is 10.5 Å². The molecule has 0 fully saturated rings. The SMILES string of the molecule is O=C(NCCSc1ccccc1)c1ccc(CBr)cc1. The lowest BCUT2D eigenvalue weighted by Gasteiger charge is -2.06. The smallest absolute Gasteiger partial charge is 0.251 e. The second-order valence-electron chi connectivity index (χ2n) is 4.25. The van der Waals surface area contributed by atoms with E-state index in [1.807, 2.05) is 42.5 Å². The zero-order valence-electron chi connectivity index (χ0n) is 11.0. The molecule has 104 valence electrons. The van der Waals surface area contributed by atoms with Crippen LogP contribution < -0.4 is 5.32 Å². The lowest BCUT2D eigenvalue weighted by molar-refractivity contribution is 0.0956. The monoisotopic (exact) mass is 349 g/mol. The van der Waals surface area contributed by atoms with E-state index in [4.69, 9.17) is 0 Å². The third-order valence-corrected chi connectivity index (χ3v) is 4.43. The molecule has 1 N–H and O–H groups in total. The highest BCUT2D eigenvalue weighted by atomic mass is 79.9. The first kappa shape index (κ1) is 15.1. The van der Waals surface area contributed by atoms with Crippen molar-refractivity contribution < 1.29 is 4.79 Å². The van der Waals surface area contributed by atoms with Crippen LogP contribution in [0.3, 0.4) is 0 Å². The Labute approximate surface area is 132 Å². The van der Waals surface area contributed by atoms with Gasteiger partial charge in [0.2, 0.25) is 0 Å². The fourth-order valence-electron chi connectivity index (χ4n) is 1.70. The molecule has 2 aromatic rings. The van der Waals surface area contributed by atoms with Crippen LogP contribution in [0.15, 0.2) is 59.5 Å². The molecule has 2 rings (SSSR count). The van der Waals surface area contributed by atoms with E-state index in [2.05, 4.69) is 33.4 Å². The van der Waals surface area contributed by atoms with Gasteiger partial charge in [0.05, 0.1) is 0 Å². The molecule has 0 unspecified atom stereocenters. The molecule has 2 nitrogen and oxygen atoms in total. The van der Waals surface area contributed by atoms with E-state index >= 15 is 0 Å². The number of hydrogen-bond donors (Lipinski definition) is 1. The summed E-state index contributed by atoms with van der Waals surface area (Å²) in [5, 5.41) is 3.74. The van der Waals surface area contributed by atoms with Gasteiger partial charge in [-0.2, -0.15) is 0 Å². The second-order valence-corrected chi connectivity index (χ2v) is 5.98. The fourth-order valence-corrected chi connectivity index (χ4v) is 2.86. The summed E-state index contributed by atoms with van der Waals surface area (Å²) in [5.41, 5.74) is 1.88. The summed E-state index contributed by atoms with van der Waals surface area (Å²) in [6.07, 6.45) is 0. The van der Waals surface area contributed by atoms with Gasteiger partial charge in [0.25, 0.3) is 5.91 Å². The normalized spacial score (nSPS) is 10.2. The zero-order chi connectivity index (χ0) is 14.2. The third-order valence-electron chi connectivity index (χ3n) is 2.77. The molecule has 4 heteroatoms. The van der Waals surface area contributed by atoms with Crippen LogP contribution in [-0.2, 0) is 5.33 Å². The minimum absolute atomic E-state index is 0.0141. The van der Waals surface area contributed by atoms with Crippen molar-refractivity contribution in [3.05, 3.63) is 65.7 Å². The highest BCUT2D eigenvalue weighted by Crippen LogP contribution is 2.15. The first-order valence-electron chi connectivity index (χ1n) is 6.40. The number of alkyl halides is 1. The topological polar surface area (TPSA) is 29.1 Å². The summed E-state index contributed by atoms with van der Waals surface area (Å²) in [5.74, 6) is 0.856. The van der Waals surface area contributed by atoms with Crippen LogP contribution >= 0.6 is 27.7 Å². The number of thioether (sulfide) groups is 1. The number of carbonyl (C=O) groups is 1. The Morgan fingerprint density at radius 2 is 1.75 bits per heavy atom. The first-order valence-corrected chi connectivity index (χ1v) is 8.51. The van der Waals surface area contributed by atoms with Gasteiger partial charge < -0.3 is 5.32 Å². The average molecular weight is 350 g/mol. The number of nitrogens with one attached hydrogen (secondary N) is 1. The van der Waals surface area contributed by atoms with Gasteiger partial charge in [-0.25, -0.2) is 0 Å². The molecular weight excluding hydrogens is 334 g/mol. The summed E-state index contributed by atoms with van der Waals surface area (Å²) < 4.78 is 0. The van der Waals surface area contributed by atoms with Crippen LogP contribution in [0.25, 0.3) is 0 Å². The molecule has 0 aliphatic rings. The number of rotatable bonds is 6. The molecule has 0 aliphatic carbocycles. The van der Waals surface area contributed by atoms with Gasteiger partial charge in [-0.3, -0.25) is 4.79 Å². The van der Waals surface area contributed by atoms with Crippen molar-refractivity contribution in [3.63, 3.8) is 0 Å². The maximum atomic E-state index is 11.9. The molecule has 0 heterocycles. The Kier molecular flexibility index (Phi) is 6.15. The van der Waals surface area contributed by atoms with E-state index in [0.717, 1.165) is 11.1 Å². The average Bonchev–Trinajstić information content (AvgIpc) is 2.52. The van der Waals surface area contributed by atoms with Gasteiger partial charge in [0.1, 0.15) is 0 Å². The molecule has 0 bridgehead atoms. The largest absolute Gasteiger partial charge is 0.351 e. The van der Waals surface area contributed by atoms with Crippen LogP contribution in [0.4, 0.5) is 0 Å². The summed E-state index contributed by atoms with van der Waals surface area (Å²) in [4.78, 5) is 13.1. The Bertz CT molecular complexity index is 542. The molecule has 0 aromatic heterocycles. The molecular formula is C16H16BrNOS. The van der Waals surface area contributed by atoms with Gasteiger partial charge in [0.15, 0.2) is 0 Å². The lowest BCUT2D eigenvalue weighted by Crippen LogP contribution is -2.25. The maximum Gasteiger partial charge on any atom is 0.251 e. The Hall–Kier alpha value is -1.26. The summed E-state index contributed by atoms with van der Waals surface area (Å²) >= 11 is 5.13. The Morgan fingerprint density at radius 1 is 1.05 bits per heavy atom. The molecule has 0 saturated heterocycles. The van der Waals surface area contributed by atoms with Crippen molar-refractivity contribution >= 4 is 33.6 Å². The van der Waals surface area contributed by atoms with E-state index in [0.29, 0.717) is 12.1 Å². The summed E-state index contributed by atoms with van der Waals surface area (Å²) in [6, 6.07) is 17.8. The lowest BCUT2D eigenvalue weighted by atomic mass is 10.1. The van der Waals surface area contributed by atoms with E-state index < -0.39 is 0 Å². The Balaban J connectivity index is 1.74. The van der Waals surface area contributed by atoms with Crippen LogP contribution in [0.2, 0.25) is 0 Å². The molecule has 0 spiro atoms. The van der Waals surface area contributed by atoms with Crippen molar-refractivity contribution in [2.24, 2.45) is 0 Å². The van der Waals surface area contributed by atoms with Crippen LogP contribution in [-0.4, -0.2) is 18.2 Å².